The van der Waals surface area contributed by atoms with E-state index < -0.39 is 0 Å². The Kier molecular flexibility index (Phi) is 3.52. The predicted octanol–water partition coefficient (Wildman–Crippen LogP) is 4.41. The molecule has 0 fully saturated rings. The second kappa shape index (κ2) is 5.47. The fourth-order valence-corrected chi connectivity index (χ4v) is 2.97. The van der Waals surface area contributed by atoms with Crippen molar-refractivity contribution in [3.63, 3.8) is 0 Å². The average molecular weight is 281 g/mol. The number of phenolic OH excluding ortho intramolecular Hbond substituents is 1. The third kappa shape index (κ3) is 2.73. The van der Waals surface area contributed by atoms with Gasteiger partial charge in [-0.15, -0.1) is 11.3 Å². The molecule has 100 valence electrons. The Morgan fingerprint density at radius 3 is 2.65 bits per heavy atom. The van der Waals surface area contributed by atoms with E-state index in [1.54, 1.807) is 17.4 Å². The Morgan fingerprint density at radius 1 is 1.10 bits per heavy atom. The lowest BCUT2D eigenvalue weighted by atomic mass is 10.1. The molecule has 0 amide bonds. The second-order valence-electron chi connectivity index (χ2n) is 4.79. The minimum absolute atomic E-state index is 0.345. The van der Waals surface area contributed by atoms with Crippen molar-refractivity contribution in [3.8, 4) is 17.0 Å². The topological polar surface area (TPSA) is 33.1 Å². The number of rotatable bonds is 3. The second-order valence-corrected chi connectivity index (χ2v) is 5.73. The number of aromatic hydroxyl groups is 1. The van der Waals surface area contributed by atoms with Crippen LogP contribution in [0.4, 0.5) is 0 Å². The van der Waals surface area contributed by atoms with Crippen molar-refractivity contribution in [2.24, 2.45) is 0 Å². The van der Waals surface area contributed by atoms with Crippen LogP contribution in [0.1, 0.15) is 16.1 Å². The lowest BCUT2D eigenvalue weighted by Crippen LogP contribution is -1.88. The van der Waals surface area contributed by atoms with Gasteiger partial charge in [-0.05, 0) is 24.1 Å². The lowest BCUT2D eigenvalue weighted by Gasteiger charge is -2.02. The molecule has 2 nitrogen and oxygen atoms in total. The molecule has 0 bridgehead atoms. The number of thiazole rings is 1. The summed E-state index contributed by atoms with van der Waals surface area (Å²) >= 11 is 1.68. The largest absolute Gasteiger partial charge is 0.508 e. The molecule has 1 N–H and O–H groups in total. The minimum atomic E-state index is 0.345. The molecule has 0 radical (unpaired) electrons. The van der Waals surface area contributed by atoms with Crippen LogP contribution in [0.3, 0.4) is 0 Å². The van der Waals surface area contributed by atoms with Crippen LogP contribution in [0.2, 0.25) is 0 Å². The van der Waals surface area contributed by atoms with Crippen molar-refractivity contribution in [1.29, 1.82) is 0 Å². The van der Waals surface area contributed by atoms with Crippen LogP contribution in [0.25, 0.3) is 11.3 Å². The zero-order valence-electron chi connectivity index (χ0n) is 11.2. The average Bonchev–Trinajstić information content (AvgIpc) is 2.92. The van der Waals surface area contributed by atoms with Crippen molar-refractivity contribution >= 4 is 11.3 Å². The summed E-state index contributed by atoms with van der Waals surface area (Å²) < 4.78 is 0. The van der Waals surface area contributed by atoms with Crippen LogP contribution in [-0.2, 0) is 6.42 Å². The molecule has 0 saturated heterocycles. The minimum Gasteiger partial charge on any atom is -0.508 e. The van der Waals surface area contributed by atoms with Gasteiger partial charge >= 0.3 is 0 Å². The van der Waals surface area contributed by atoms with E-state index in [4.69, 9.17) is 0 Å². The maximum Gasteiger partial charge on any atom is 0.118 e. The number of benzene rings is 2. The summed E-state index contributed by atoms with van der Waals surface area (Å²) in [6.45, 7) is 1.91. The molecular weight excluding hydrogens is 266 g/mol. The van der Waals surface area contributed by atoms with Gasteiger partial charge in [-0.1, -0.05) is 42.5 Å². The van der Waals surface area contributed by atoms with Gasteiger partial charge in [0.25, 0.3) is 0 Å². The van der Waals surface area contributed by atoms with Gasteiger partial charge in [0.2, 0.25) is 0 Å². The Morgan fingerprint density at radius 2 is 1.90 bits per heavy atom. The summed E-state index contributed by atoms with van der Waals surface area (Å²) in [5.41, 5.74) is 4.26. The number of hydrogen-bond donors (Lipinski definition) is 1. The summed E-state index contributed by atoms with van der Waals surface area (Å²) in [6, 6.07) is 15.9. The van der Waals surface area contributed by atoms with Gasteiger partial charge in [-0.2, -0.15) is 0 Å². The first-order chi connectivity index (χ1) is 9.72. The van der Waals surface area contributed by atoms with Crippen LogP contribution in [0.5, 0.6) is 5.75 Å². The van der Waals surface area contributed by atoms with Crippen molar-refractivity contribution in [3.05, 3.63) is 70.0 Å². The van der Waals surface area contributed by atoms with Crippen LogP contribution >= 0.6 is 11.3 Å². The highest BCUT2D eigenvalue weighted by molar-refractivity contribution is 7.10. The number of phenols is 1. The highest BCUT2D eigenvalue weighted by Crippen LogP contribution is 2.24. The predicted molar refractivity (Wildman–Crippen MR) is 83.2 cm³/mol. The number of hydrogen-bond acceptors (Lipinski definition) is 3. The first-order valence-corrected chi connectivity index (χ1v) is 7.38. The maximum atomic E-state index is 9.55. The van der Waals surface area contributed by atoms with Gasteiger partial charge < -0.3 is 5.11 Å². The molecule has 3 heteroatoms. The molecule has 1 aromatic heterocycles. The Bertz CT molecular complexity index is 719. The fourth-order valence-electron chi connectivity index (χ4n) is 2.14. The third-order valence-electron chi connectivity index (χ3n) is 3.24. The number of aromatic nitrogens is 1. The number of aryl methyl sites for hydroxylation is 1. The van der Waals surface area contributed by atoms with E-state index in [0.29, 0.717) is 5.75 Å². The van der Waals surface area contributed by atoms with Gasteiger partial charge in [-0.3, -0.25) is 0 Å². The van der Waals surface area contributed by atoms with Crippen molar-refractivity contribution in [1.82, 2.24) is 4.98 Å². The lowest BCUT2D eigenvalue weighted by molar-refractivity contribution is 0.471. The fraction of sp³-hybridized carbons (Fsp3) is 0.118. The standard InChI is InChI=1S/C17H15NOS/c1-12-9-13(7-8-16(12)19)10-17-18-15(11-20-17)14-5-3-2-4-6-14/h2-9,11,19H,10H2,1H3. The van der Waals surface area contributed by atoms with Crippen molar-refractivity contribution in [2.45, 2.75) is 13.3 Å². The molecule has 0 atom stereocenters. The highest BCUT2D eigenvalue weighted by atomic mass is 32.1. The van der Waals surface area contributed by atoms with Crippen LogP contribution < -0.4 is 0 Å². The summed E-state index contributed by atoms with van der Waals surface area (Å²) in [4.78, 5) is 4.68. The third-order valence-corrected chi connectivity index (χ3v) is 4.09. The highest BCUT2D eigenvalue weighted by Gasteiger charge is 2.06. The molecule has 0 unspecified atom stereocenters. The molecule has 0 saturated carbocycles. The van der Waals surface area contributed by atoms with Gasteiger partial charge in [0.15, 0.2) is 0 Å². The Hall–Kier alpha value is -2.13. The molecule has 1 heterocycles. The van der Waals surface area contributed by atoms with Crippen LogP contribution in [0.15, 0.2) is 53.9 Å². The molecular formula is C17H15NOS. The molecule has 2 aromatic carbocycles. The van der Waals surface area contributed by atoms with Gasteiger partial charge in [0.05, 0.1) is 10.7 Å². The SMILES string of the molecule is Cc1cc(Cc2nc(-c3ccccc3)cs2)ccc1O. The molecule has 3 aromatic rings. The Labute approximate surface area is 122 Å². The van der Waals surface area contributed by atoms with E-state index >= 15 is 0 Å². The Balaban J connectivity index is 1.82. The monoisotopic (exact) mass is 281 g/mol. The summed E-state index contributed by atoms with van der Waals surface area (Å²) in [6.07, 6.45) is 0.804. The van der Waals surface area contributed by atoms with E-state index in [2.05, 4.69) is 22.5 Å². The van der Waals surface area contributed by atoms with Gasteiger partial charge in [-0.25, -0.2) is 4.98 Å². The normalized spacial score (nSPS) is 10.7. The smallest absolute Gasteiger partial charge is 0.118 e. The van der Waals surface area contributed by atoms with Crippen molar-refractivity contribution in [2.75, 3.05) is 0 Å². The summed E-state index contributed by atoms with van der Waals surface area (Å²) in [5, 5.41) is 12.7. The maximum absolute atomic E-state index is 9.55. The number of nitrogens with zero attached hydrogens (tertiary/aromatic N) is 1. The first-order valence-electron chi connectivity index (χ1n) is 6.51. The quantitative estimate of drug-likeness (QED) is 0.771. The summed E-state index contributed by atoms with van der Waals surface area (Å²) in [7, 11) is 0. The molecule has 0 aliphatic carbocycles. The van der Waals surface area contributed by atoms with E-state index in [1.165, 1.54) is 5.56 Å². The summed E-state index contributed by atoms with van der Waals surface area (Å²) in [5.74, 6) is 0.345. The molecule has 0 spiro atoms. The van der Waals surface area contributed by atoms with E-state index in [0.717, 1.165) is 28.2 Å². The van der Waals surface area contributed by atoms with Gasteiger partial charge in [0, 0.05) is 17.4 Å². The van der Waals surface area contributed by atoms with E-state index in [9.17, 15) is 5.11 Å². The molecule has 0 aliphatic rings. The molecule has 3 rings (SSSR count). The van der Waals surface area contributed by atoms with Crippen LogP contribution in [0, 0.1) is 6.92 Å². The van der Waals surface area contributed by atoms with Crippen molar-refractivity contribution < 1.29 is 5.11 Å². The van der Waals surface area contributed by atoms with Gasteiger partial charge in [0.1, 0.15) is 5.75 Å². The van der Waals surface area contributed by atoms with E-state index in [-0.39, 0.29) is 0 Å². The molecule has 20 heavy (non-hydrogen) atoms. The van der Waals surface area contributed by atoms with E-state index in [1.807, 2.05) is 37.3 Å². The zero-order valence-corrected chi connectivity index (χ0v) is 12.0. The van der Waals surface area contributed by atoms with Crippen LogP contribution in [-0.4, -0.2) is 10.1 Å². The first kappa shape index (κ1) is 12.9. The molecule has 0 aliphatic heterocycles. The zero-order chi connectivity index (χ0) is 13.9.